The Kier molecular flexibility index (Phi) is 10.7. The Morgan fingerprint density at radius 1 is 1.22 bits per heavy atom. The molecular formula is C24H38ClN3O7S. The first-order chi connectivity index (χ1) is 16.5. The van der Waals surface area contributed by atoms with Crippen molar-refractivity contribution < 1.29 is 33.8 Å². The number of carbonyl (C=O) groups excluding carboxylic acids is 4. The number of aliphatic hydroxyl groups is 1. The van der Waals surface area contributed by atoms with E-state index in [9.17, 15) is 24.3 Å². The van der Waals surface area contributed by atoms with Crippen molar-refractivity contribution in [2.75, 3.05) is 27.4 Å². The van der Waals surface area contributed by atoms with E-state index in [4.69, 9.17) is 9.47 Å². The van der Waals surface area contributed by atoms with E-state index in [0.717, 1.165) is 0 Å². The monoisotopic (exact) mass is 547 g/mol. The summed E-state index contributed by atoms with van der Waals surface area (Å²) in [6.07, 6.45) is 1.00. The molecule has 6 atom stereocenters. The maximum atomic E-state index is 13.1. The highest BCUT2D eigenvalue weighted by Gasteiger charge is 2.60. The maximum absolute atomic E-state index is 13.1. The van der Waals surface area contributed by atoms with Gasteiger partial charge in [-0.3, -0.25) is 14.4 Å². The molecule has 0 bridgehead atoms. The summed E-state index contributed by atoms with van der Waals surface area (Å²) in [5.41, 5.74) is 0.148. The van der Waals surface area contributed by atoms with Crippen molar-refractivity contribution in [1.29, 1.82) is 0 Å². The van der Waals surface area contributed by atoms with E-state index in [0.29, 0.717) is 30.7 Å². The summed E-state index contributed by atoms with van der Waals surface area (Å²) in [7, 11) is 3.42. The number of rotatable bonds is 10. The second kappa shape index (κ2) is 12.6. The highest BCUT2D eigenvalue weighted by molar-refractivity contribution is 8.03. The zero-order chi connectivity index (χ0) is 26.0. The number of ether oxygens (including phenoxy) is 2. The van der Waals surface area contributed by atoms with E-state index in [1.807, 2.05) is 20.8 Å². The molecule has 0 spiro atoms. The number of hydrogen-bond acceptors (Lipinski definition) is 9. The molecule has 2 N–H and O–H groups in total. The van der Waals surface area contributed by atoms with Gasteiger partial charge >= 0.3 is 11.9 Å². The predicted molar refractivity (Wildman–Crippen MR) is 137 cm³/mol. The highest BCUT2D eigenvalue weighted by atomic mass is 35.5. The van der Waals surface area contributed by atoms with Crippen LogP contribution in [0.5, 0.6) is 0 Å². The molecule has 0 aromatic carbocycles. The molecule has 2 amide bonds. The second-order valence-electron chi connectivity index (χ2n) is 9.66. The van der Waals surface area contributed by atoms with Gasteiger partial charge in [-0.15, -0.1) is 24.2 Å². The number of likely N-dealkylation sites (N-methyl/N-ethyl adjacent to an activating group) is 1. The smallest absolute Gasteiger partial charge is 0.358 e. The van der Waals surface area contributed by atoms with E-state index >= 15 is 0 Å². The Morgan fingerprint density at radius 2 is 1.86 bits per heavy atom. The Bertz CT molecular complexity index is 893. The normalized spacial score (nSPS) is 27.8. The fraction of sp³-hybridized carbons (Fsp3) is 0.750. The number of nitrogens with one attached hydrogen (secondary N) is 1. The molecule has 12 heteroatoms. The summed E-state index contributed by atoms with van der Waals surface area (Å²) in [4.78, 5) is 54.1. The molecule has 3 rings (SSSR count). The number of esters is 2. The summed E-state index contributed by atoms with van der Waals surface area (Å²) < 4.78 is 10.4. The van der Waals surface area contributed by atoms with Crippen LogP contribution in [0.25, 0.3) is 0 Å². The molecule has 10 nitrogen and oxygen atoms in total. The van der Waals surface area contributed by atoms with Gasteiger partial charge in [-0.25, -0.2) is 4.79 Å². The average Bonchev–Trinajstić information content (AvgIpc) is 3.35. The first kappa shape index (κ1) is 30.4. The van der Waals surface area contributed by atoms with Crippen LogP contribution in [0.2, 0.25) is 0 Å². The van der Waals surface area contributed by atoms with E-state index in [1.165, 1.54) is 16.7 Å². The van der Waals surface area contributed by atoms with Gasteiger partial charge in [0.05, 0.1) is 30.0 Å². The molecule has 0 aromatic rings. The molecular weight excluding hydrogens is 510 g/mol. The summed E-state index contributed by atoms with van der Waals surface area (Å²) in [6.45, 7) is 7.34. The van der Waals surface area contributed by atoms with Gasteiger partial charge in [-0.1, -0.05) is 20.8 Å². The van der Waals surface area contributed by atoms with Crippen LogP contribution in [-0.4, -0.2) is 89.5 Å². The van der Waals surface area contributed by atoms with Crippen molar-refractivity contribution in [3.63, 3.8) is 0 Å². The second-order valence-corrected chi connectivity index (χ2v) is 11.0. The van der Waals surface area contributed by atoms with E-state index < -0.39 is 30.8 Å². The molecule has 204 valence electrons. The minimum Gasteiger partial charge on any atom is -0.428 e. The van der Waals surface area contributed by atoms with Crippen LogP contribution in [0.1, 0.15) is 47.0 Å². The van der Waals surface area contributed by atoms with Crippen LogP contribution in [0, 0.1) is 17.8 Å². The average molecular weight is 548 g/mol. The minimum atomic E-state index is -0.843. The molecule has 3 aliphatic heterocycles. The van der Waals surface area contributed by atoms with Crippen molar-refractivity contribution >= 4 is 47.9 Å². The highest BCUT2D eigenvalue weighted by Crippen LogP contribution is 2.52. The van der Waals surface area contributed by atoms with Crippen molar-refractivity contribution in [1.82, 2.24) is 15.1 Å². The largest absolute Gasteiger partial charge is 0.428 e. The quantitative estimate of drug-likeness (QED) is 0.238. The number of halogens is 1. The Balaban J connectivity index is 0.00000456. The van der Waals surface area contributed by atoms with Crippen LogP contribution >= 0.6 is 24.2 Å². The van der Waals surface area contributed by atoms with Crippen LogP contribution in [-0.2, 0) is 28.7 Å². The fourth-order valence-electron chi connectivity index (χ4n) is 5.09. The molecule has 0 aromatic heterocycles. The molecule has 36 heavy (non-hydrogen) atoms. The predicted octanol–water partition coefficient (Wildman–Crippen LogP) is 1.51. The summed E-state index contributed by atoms with van der Waals surface area (Å²) >= 11 is 1.47. The third-order valence-electron chi connectivity index (χ3n) is 7.14. The van der Waals surface area contributed by atoms with Gasteiger partial charge in [0.25, 0.3) is 0 Å². The molecule has 0 unspecified atom stereocenters. The van der Waals surface area contributed by atoms with Gasteiger partial charge in [0.2, 0.25) is 18.6 Å². The zero-order valence-corrected chi connectivity index (χ0v) is 23.3. The lowest BCUT2D eigenvalue weighted by Crippen LogP contribution is -2.63. The number of β-lactam (4-membered cyclic amide) rings is 1. The third kappa shape index (κ3) is 5.84. The third-order valence-corrected chi connectivity index (χ3v) is 8.65. The number of carbonyl (C=O) groups is 4. The molecule has 3 heterocycles. The molecule has 2 saturated heterocycles. The summed E-state index contributed by atoms with van der Waals surface area (Å²) in [6, 6.07) is -0.642. The van der Waals surface area contributed by atoms with Gasteiger partial charge in [0.15, 0.2) is 0 Å². The Hall–Kier alpha value is -1.82. The molecule has 2 fully saturated rings. The van der Waals surface area contributed by atoms with E-state index in [-0.39, 0.29) is 59.1 Å². The summed E-state index contributed by atoms with van der Waals surface area (Å²) in [5, 5.41) is 13.4. The number of aliphatic hydroxyl groups excluding tert-OH is 1. The van der Waals surface area contributed by atoms with Crippen LogP contribution < -0.4 is 5.32 Å². The number of thioether (sulfide) groups is 1. The summed E-state index contributed by atoms with van der Waals surface area (Å²) in [5.74, 6) is -2.52. The minimum absolute atomic E-state index is 0. The number of nitrogens with zero attached hydrogens (tertiary/aromatic N) is 2. The van der Waals surface area contributed by atoms with E-state index in [1.54, 1.807) is 25.9 Å². The van der Waals surface area contributed by atoms with Crippen LogP contribution in [0.4, 0.5) is 0 Å². The fourth-order valence-corrected chi connectivity index (χ4v) is 6.57. The van der Waals surface area contributed by atoms with Crippen molar-refractivity contribution in [3.05, 3.63) is 10.6 Å². The Labute approximate surface area is 222 Å². The van der Waals surface area contributed by atoms with E-state index in [2.05, 4.69) is 5.32 Å². The molecule has 0 aliphatic carbocycles. The number of amides is 2. The van der Waals surface area contributed by atoms with Gasteiger partial charge < -0.3 is 29.7 Å². The van der Waals surface area contributed by atoms with Gasteiger partial charge in [-0.05, 0) is 26.2 Å². The van der Waals surface area contributed by atoms with Crippen molar-refractivity contribution in [2.45, 2.75) is 70.4 Å². The lowest BCUT2D eigenvalue weighted by atomic mass is 9.79. The van der Waals surface area contributed by atoms with Crippen molar-refractivity contribution in [3.8, 4) is 0 Å². The Morgan fingerprint density at radius 3 is 2.42 bits per heavy atom. The maximum Gasteiger partial charge on any atom is 0.358 e. The standard InChI is InChI=1S/C24H37N3O7S.ClH/c1-7-14(8-2)23(31)33-11-34-24(32)19-20(12(3)18-17(13(4)28)22(30)27(18)19)35-15-9-16(25-10-15)21(29)26(5)6;/h12-18,25,28H,7-11H2,1-6H3;1H/t12-,13-,15+,16+,17-,18-;/m1./s1. The number of hydrogen-bond donors (Lipinski definition) is 2. The SMILES string of the molecule is CCC(CC)C(=O)OCOC(=O)C1=C(S[C@@H]2CN[C@H](C(=O)N(C)C)C2)[C@H](C)[C@@H]2[C@@H]([C@@H](C)O)C(=O)N12.Cl. The number of fused-ring (bicyclic) bond motifs is 1. The molecule has 0 radical (unpaired) electrons. The molecule has 3 aliphatic rings. The van der Waals surface area contributed by atoms with Crippen LogP contribution in [0.3, 0.4) is 0 Å². The van der Waals surface area contributed by atoms with Gasteiger partial charge in [-0.2, -0.15) is 0 Å². The van der Waals surface area contributed by atoms with Gasteiger partial charge in [0, 0.05) is 36.7 Å². The first-order valence-electron chi connectivity index (χ1n) is 12.2. The topological polar surface area (TPSA) is 125 Å². The zero-order valence-electron chi connectivity index (χ0n) is 21.7. The van der Waals surface area contributed by atoms with Crippen LogP contribution in [0.15, 0.2) is 10.6 Å². The lowest BCUT2D eigenvalue weighted by molar-refractivity contribution is -0.173. The molecule has 0 saturated carbocycles. The van der Waals surface area contributed by atoms with Crippen molar-refractivity contribution in [2.24, 2.45) is 17.8 Å². The first-order valence-corrected chi connectivity index (χ1v) is 13.1. The van der Waals surface area contributed by atoms with Gasteiger partial charge in [0.1, 0.15) is 5.70 Å². The lowest BCUT2D eigenvalue weighted by Gasteiger charge is -2.46.